The number of hydrogen-bond donors (Lipinski definition) is 1. The lowest BCUT2D eigenvalue weighted by atomic mass is 9.85. The van der Waals surface area contributed by atoms with Crippen LogP contribution < -0.4 is 5.32 Å². The van der Waals surface area contributed by atoms with Crippen molar-refractivity contribution in [2.24, 2.45) is 0 Å². The summed E-state index contributed by atoms with van der Waals surface area (Å²) in [6.07, 6.45) is 2.67. The van der Waals surface area contributed by atoms with E-state index < -0.39 is 0 Å². The molecule has 2 rings (SSSR count). The van der Waals surface area contributed by atoms with Crippen LogP contribution in [0.2, 0.25) is 0 Å². The van der Waals surface area contributed by atoms with Crippen LogP contribution in [0.4, 0.5) is 0 Å². The number of rotatable bonds is 4. The smallest absolute Gasteiger partial charge is 0.243 e. The summed E-state index contributed by atoms with van der Waals surface area (Å²) in [5.74, 6) is 0.0170. The molecule has 0 aromatic rings. The number of piperazine rings is 1. The predicted octanol–water partition coefficient (Wildman–Crippen LogP) is 0.291. The molecule has 1 unspecified atom stereocenters. The van der Waals surface area contributed by atoms with Crippen LogP contribution >= 0.6 is 0 Å². The molecule has 0 radical (unpaired) electrons. The van der Waals surface area contributed by atoms with E-state index in [1.807, 2.05) is 13.8 Å². The summed E-state index contributed by atoms with van der Waals surface area (Å²) in [6, 6.07) is -0.0983. The van der Waals surface area contributed by atoms with E-state index in [4.69, 9.17) is 4.74 Å². The van der Waals surface area contributed by atoms with E-state index >= 15 is 0 Å². The van der Waals surface area contributed by atoms with E-state index in [9.17, 15) is 9.59 Å². The Morgan fingerprint density at radius 1 is 1.35 bits per heavy atom. The van der Waals surface area contributed by atoms with Gasteiger partial charge in [-0.3, -0.25) is 9.59 Å². The van der Waals surface area contributed by atoms with Crippen molar-refractivity contribution in [3.8, 4) is 0 Å². The molecule has 0 spiro atoms. The highest BCUT2D eigenvalue weighted by atomic mass is 16.5. The van der Waals surface area contributed by atoms with Crippen LogP contribution in [0.3, 0.4) is 0 Å². The summed E-state index contributed by atoms with van der Waals surface area (Å²) in [4.78, 5) is 25.3. The average Bonchev–Trinajstić information content (AvgIpc) is 2.26. The van der Waals surface area contributed by atoms with Gasteiger partial charge in [-0.1, -0.05) is 6.92 Å². The largest absolute Gasteiger partial charge is 0.378 e. The van der Waals surface area contributed by atoms with Gasteiger partial charge in [-0.2, -0.15) is 0 Å². The molecule has 2 aliphatic rings. The fraction of sp³-hybridized carbons (Fsp3) is 0.833. The molecular formula is C12H20N2O3. The molecule has 17 heavy (non-hydrogen) atoms. The first-order valence-corrected chi connectivity index (χ1v) is 6.37. The zero-order valence-corrected chi connectivity index (χ0v) is 10.4. The third-order valence-corrected chi connectivity index (χ3v) is 3.59. The normalized spacial score (nSPS) is 33.3. The molecule has 0 bridgehead atoms. The molecule has 1 saturated heterocycles. The Morgan fingerprint density at radius 3 is 2.65 bits per heavy atom. The van der Waals surface area contributed by atoms with Gasteiger partial charge in [0, 0.05) is 12.6 Å². The molecule has 1 N–H and O–H groups in total. The number of hydrogen-bond acceptors (Lipinski definition) is 3. The zero-order chi connectivity index (χ0) is 12.4. The molecule has 5 heteroatoms. The highest BCUT2D eigenvalue weighted by molar-refractivity contribution is 5.95. The summed E-state index contributed by atoms with van der Waals surface area (Å²) in [6.45, 7) is 4.77. The van der Waals surface area contributed by atoms with Crippen molar-refractivity contribution in [2.45, 2.75) is 51.3 Å². The third kappa shape index (κ3) is 2.29. The molecule has 1 saturated carbocycles. The zero-order valence-electron chi connectivity index (χ0n) is 10.4. The van der Waals surface area contributed by atoms with Crippen molar-refractivity contribution in [3.63, 3.8) is 0 Å². The molecule has 1 heterocycles. The Bertz CT molecular complexity index is 313. The standard InChI is InChI=1S/C12H20N2O3/c1-3-10-12(16)13-7-11(15)14(10)8-5-9(6-8)17-4-2/h8-10H,3-7H2,1-2H3,(H,13,16). The van der Waals surface area contributed by atoms with Gasteiger partial charge < -0.3 is 15.0 Å². The summed E-state index contributed by atoms with van der Waals surface area (Å²) >= 11 is 0. The summed E-state index contributed by atoms with van der Waals surface area (Å²) in [5.41, 5.74) is 0. The number of nitrogens with one attached hydrogen (secondary N) is 1. The van der Waals surface area contributed by atoms with E-state index in [1.165, 1.54) is 0 Å². The molecule has 1 aliphatic carbocycles. The Kier molecular flexibility index (Phi) is 3.66. The van der Waals surface area contributed by atoms with Gasteiger partial charge in [-0.05, 0) is 26.2 Å². The van der Waals surface area contributed by atoms with Crippen molar-refractivity contribution in [1.82, 2.24) is 10.2 Å². The SMILES string of the molecule is CCOC1CC(N2C(=O)CNC(=O)C2CC)C1. The van der Waals surface area contributed by atoms with Crippen molar-refractivity contribution in [2.75, 3.05) is 13.2 Å². The fourth-order valence-corrected chi connectivity index (χ4v) is 2.65. The highest BCUT2D eigenvalue weighted by Crippen LogP contribution is 2.31. The van der Waals surface area contributed by atoms with Crippen LogP contribution in [0.25, 0.3) is 0 Å². The van der Waals surface area contributed by atoms with Gasteiger partial charge in [-0.25, -0.2) is 0 Å². The quantitative estimate of drug-likeness (QED) is 0.768. The maximum atomic E-state index is 11.9. The van der Waals surface area contributed by atoms with E-state index in [-0.39, 0.29) is 36.5 Å². The van der Waals surface area contributed by atoms with Crippen LogP contribution in [0.15, 0.2) is 0 Å². The molecule has 0 aromatic carbocycles. The van der Waals surface area contributed by atoms with Gasteiger partial charge in [0.05, 0.1) is 12.6 Å². The number of ether oxygens (including phenoxy) is 1. The Hall–Kier alpha value is -1.10. The molecule has 96 valence electrons. The van der Waals surface area contributed by atoms with Crippen LogP contribution in [0, 0.1) is 0 Å². The number of carbonyl (C=O) groups excluding carboxylic acids is 2. The minimum Gasteiger partial charge on any atom is -0.378 e. The third-order valence-electron chi connectivity index (χ3n) is 3.59. The van der Waals surface area contributed by atoms with Gasteiger partial charge in [0.1, 0.15) is 6.04 Å². The lowest BCUT2D eigenvalue weighted by Crippen LogP contribution is -2.64. The van der Waals surface area contributed by atoms with Crippen LogP contribution in [0.5, 0.6) is 0 Å². The molecule has 5 nitrogen and oxygen atoms in total. The Labute approximate surface area is 101 Å². The van der Waals surface area contributed by atoms with Gasteiger partial charge in [0.25, 0.3) is 0 Å². The molecule has 2 fully saturated rings. The van der Waals surface area contributed by atoms with Crippen LogP contribution in [0.1, 0.15) is 33.1 Å². The monoisotopic (exact) mass is 240 g/mol. The Balaban J connectivity index is 1.98. The lowest BCUT2D eigenvalue weighted by Gasteiger charge is -2.47. The molecular weight excluding hydrogens is 220 g/mol. The predicted molar refractivity (Wildman–Crippen MR) is 62.4 cm³/mol. The van der Waals surface area contributed by atoms with E-state index in [1.54, 1.807) is 4.90 Å². The minimum atomic E-state index is -0.288. The van der Waals surface area contributed by atoms with Crippen molar-refractivity contribution < 1.29 is 14.3 Å². The second-order valence-electron chi connectivity index (χ2n) is 4.65. The lowest BCUT2D eigenvalue weighted by molar-refractivity contribution is -0.155. The van der Waals surface area contributed by atoms with E-state index in [0.29, 0.717) is 13.0 Å². The van der Waals surface area contributed by atoms with E-state index in [0.717, 1.165) is 12.8 Å². The van der Waals surface area contributed by atoms with Crippen LogP contribution in [-0.2, 0) is 14.3 Å². The topological polar surface area (TPSA) is 58.6 Å². The van der Waals surface area contributed by atoms with Gasteiger partial charge in [0.2, 0.25) is 11.8 Å². The second kappa shape index (κ2) is 5.04. The van der Waals surface area contributed by atoms with Gasteiger partial charge in [-0.15, -0.1) is 0 Å². The van der Waals surface area contributed by atoms with E-state index in [2.05, 4.69) is 5.32 Å². The Morgan fingerprint density at radius 2 is 2.06 bits per heavy atom. The number of nitrogens with zero attached hydrogens (tertiary/aromatic N) is 1. The van der Waals surface area contributed by atoms with Gasteiger partial charge in [0.15, 0.2) is 0 Å². The maximum absolute atomic E-state index is 11.9. The summed E-state index contributed by atoms with van der Waals surface area (Å²) in [7, 11) is 0. The molecule has 2 amide bonds. The van der Waals surface area contributed by atoms with Crippen molar-refractivity contribution in [3.05, 3.63) is 0 Å². The second-order valence-corrected chi connectivity index (χ2v) is 4.65. The molecule has 0 aromatic heterocycles. The average molecular weight is 240 g/mol. The van der Waals surface area contributed by atoms with Crippen LogP contribution in [-0.4, -0.2) is 48.1 Å². The summed E-state index contributed by atoms with van der Waals surface area (Å²) in [5, 5.41) is 2.64. The van der Waals surface area contributed by atoms with Crippen molar-refractivity contribution in [1.29, 1.82) is 0 Å². The van der Waals surface area contributed by atoms with Gasteiger partial charge >= 0.3 is 0 Å². The summed E-state index contributed by atoms with van der Waals surface area (Å²) < 4.78 is 5.49. The first-order valence-electron chi connectivity index (χ1n) is 6.37. The number of carbonyl (C=O) groups is 2. The highest BCUT2D eigenvalue weighted by Gasteiger charge is 2.43. The molecule has 1 atom stereocenters. The minimum absolute atomic E-state index is 0.0213. The maximum Gasteiger partial charge on any atom is 0.243 e. The molecule has 1 aliphatic heterocycles. The fourth-order valence-electron chi connectivity index (χ4n) is 2.65. The van der Waals surface area contributed by atoms with Crippen molar-refractivity contribution >= 4 is 11.8 Å². The number of amides is 2. The first kappa shape index (κ1) is 12.4. The first-order chi connectivity index (χ1) is 8.17.